The molecular formula is C17H21NOS. The Morgan fingerprint density at radius 1 is 1.05 bits per heavy atom. The van der Waals surface area contributed by atoms with Crippen molar-refractivity contribution in [3.05, 3.63) is 53.9 Å². The van der Waals surface area contributed by atoms with Crippen molar-refractivity contribution < 1.29 is 5.11 Å². The summed E-state index contributed by atoms with van der Waals surface area (Å²) in [7, 11) is 0. The number of pyridine rings is 1. The molecule has 1 N–H and O–H groups in total. The number of aromatic nitrogens is 1. The van der Waals surface area contributed by atoms with Crippen molar-refractivity contribution in [2.45, 2.75) is 49.0 Å². The summed E-state index contributed by atoms with van der Waals surface area (Å²) in [6, 6.07) is 12.6. The van der Waals surface area contributed by atoms with Crippen molar-refractivity contribution in [1.82, 2.24) is 4.98 Å². The van der Waals surface area contributed by atoms with Gasteiger partial charge >= 0.3 is 0 Å². The lowest BCUT2D eigenvalue weighted by Crippen LogP contribution is -1.97. The molecule has 0 saturated carbocycles. The predicted molar refractivity (Wildman–Crippen MR) is 84.1 cm³/mol. The van der Waals surface area contributed by atoms with Crippen LogP contribution in [0.15, 0.2) is 52.4 Å². The number of hydrogen-bond acceptors (Lipinski definition) is 3. The molecule has 0 aliphatic rings. The molecule has 20 heavy (non-hydrogen) atoms. The molecule has 0 fully saturated rings. The molecule has 3 heteroatoms. The normalized spacial score (nSPS) is 12.7. The molecule has 106 valence electrons. The molecule has 0 spiro atoms. The Morgan fingerprint density at radius 2 is 1.70 bits per heavy atom. The first kappa shape index (κ1) is 15.1. The molecule has 0 amide bonds. The van der Waals surface area contributed by atoms with Crippen molar-refractivity contribution in [3.63, 3.8) is 0 Å². The van der Waals surface area contributed by atoms with E-state index >= 15 is 0 Å². The van der Waals surface area contributed by atoms with Gasteiger partial charge in [-0.15, -0.1) is 0 Å². The molecule has 0 aliphatic carbocycles. The lowest BCUT2D eigenvalue weighted by atomic mass is 10.0. The highest BCUT2D eigenvalue weighted by Gasteiger charge is 2.06. The molecule has 0 saturated heterocycles. The van der Waals surface area contributed by atoms with Crippen LogP contribution in [0.5, 0.6) is 0 Å². The van der Waals surface area contributed by atoms with Gasteiger partial charge in [0.1, 0.15) is 0 Å². The second-order valence-electron chi connectivity index (χ2n) is 5.17. The average Bonchev–Trinajstić information content (AvgIpc) is 2.48. The molecule has 1 aromatic heterocycles. The van der Waals surface area contributed by atoms with Crippen LogP contribution in [0.2, 0.25) is 0 Å². The summed E-state index contributed by atoms with van der Waals surface area (Å²) >= 11 is 1.69. The molecule has 0 radical (unpaired) electrons. The number of aliphatic hydroxyl groups is 1. The van der Waals surface area contributed by atoms with E-state index in [1.54, 1.807) is 11.8 Å². The number of benzene rings is 1. The van der Waals surface area contributed by atoms with Crippen LogP contribution in [-0.4, -0.2) is 10.1 Å². The van der Waals surface area contributed by atoms with Crippen LogP contribution in [0.3, 0.4) is 0 Å². The largest absolute Gasteiger partial charge is 0.387 e. The quantitative estimate of drug-likeness (QED) is 0.857. The first-order valence-electron chi connectivity index (χ1n) is 7.02. The highest BCUT2D eigenvalue weighted by atomic mass is 32.2. The Bertz CT molecular complexity index is 534. The number of hydrogen-bond donors (Lipinski definition) is 1. The van der Waals surface area contributed by atoms with E-state index in [2.05, 4.69) is 43.1 Å². The highest BCUT2D eigenvalue weighted by molar-refractivity contribution is 7.99. The number of nitrogens with zero attached hydrogens (tertiary/aromatic N) is 1. The molecule has 2 rings (SSSR count). The Labute approximate surface area is 125 Å². The van der Waals surface area contributed by atoms with Crippen LogP contribution in [-0.2, 0) is 0 Å². The Kier molecular flexibility index (Phi) is 5.21. The van der Waals surface area contributed by atoms with E-state index < -0.39 is 6.10 Å². The minimum Gasteiger partial charge on any atom is -0.387 e. The lowest BCUT2D eigenvalue weighted by molar-refractivity contribution is 0.169. The van der Waals surface area contributed by atoms with Gasteiger partial charge in [0, 0.05) is 16.0 Å². The second kappa shape index (κ2) is 6.91. The summed E-state index contributed by atoms with van der Waals surface area (Å²) in [5, 5.41) is 9.72. The van der Waals surface area contributed by atoms with Crippen LogP contribution >= 0.6 is 11.8 Å². The van der Waals surface area contributed by atoms with Crippen molar-refractivity contribution >= 4 is 11.8 Å². The monoisotopic (exact) mass is 287 g/mol. The fraction of sp³-hybridized carbons (Fsp3) is 0.353. The van der Waals surface area contributed by atoms with Gasteiger partial charge in [-0.05, 0) is 42.2 Å². The standard InChI is InChI=1S/C17H21NOS/c1-4-17(19)16-10-9-15(11-18-16)20-14-7-5-13(6-8-14)12(2)3/h5-12,17,19H,4H2,1-3H3/t17-/m0/s1. The number of aliphatic hydroxyl groups excluding tert-OH is 1. The summed E-state index contributed by atoms with van der Waals surface area (Å²) in [6.45, 7) is 6.35. The Morgan fingerprint density at radius 3 is 2.20 bits per heavy atom. The fourth-order valence-electron chi connectivity index (χ4n) is 1.92. The van der Waals surface area contributed by atoms with Crippen LogP contribution < -0.4 is 0 Å². The first-order chi connectivity index (χ1) is 9.60. The maximum absolute atomic E-state index is 9.72. The summed E-state index contributed by atoms with van der Waals surface area (Å²) in [6.07, 6.45) is 2.06. The molecule has 1 heterocycles. The van der Waals surface area contributed by atoms with Crippen LogP contribution in [0.25, 0.3) is 0 Å². The van der Waals surface area contributed by atoms with E-state index in [0.29, 0.717) is 12.3 Å². The lowest BCUT2D eigenvalue weighted by Gasteiger charge is -2.09. The zero-order valence-electron chi connectivity index (χ0n) is 12.2. The third kappa shape index (κ3) is 3.84. The molecule has 2 nitrogen and oxygen atoms in total. The van der Waals surface area contributed by atoms with E-state index in [1.165, 1.54) is 10.5 Å². The first-order valence-corrected chi connectivity index (χ1v) is 7.83. The van der Waals surface area contributed by atoms with Gasteiger partial charge in [-0.25, -0.2) is 0 Å². The van der Waals surface area contributed by atoms with Gasteiger partial charge in [0.05, 0.1) is 11.8 Å². The van der Waals surface area contributed by atoms with Crippen molar-refractivity contribution in [3.8, 4) is 0 Å². The third-order valence-corrected chi connectivity index (χ3v) is 4.25. The van der Waals surface area contributed by atoms with Crippen LogP contribution in [0, 0.1) is 0 Å². The molecule has 0 bridgehead atoms. The SMILES string of the molecule is CC[C@H](O)c1ccc(Sc2ccc(C(C)C)cc2)cn1. The summed E-state index contributed by atoms with van der Waals surface area (Å²) in [5.74, 6) is 0.561. The zero-order valence-corrected chi connectivity index (χ0v) is 13.0. The molecule has 1 atom stereocenters. The zero-order chi connectivity index (χ0) is 14.5. The van der Waals surface area contributed by atoms with Gasteiger partial charge in [-0.1, -0.05) is 44.7 Å². The second-order valence-corrected chi connectivity index (χ2v) is 6.32. The molecular weight excluding hydrogens is 266 g/mol. The molecule has 0 aliphatic heterocycles. The van der Waals surface area contributed by atoms with E-state index in [4.69, 9.17) is 0 Å². The van der Waals surface area contributed by atoms with Crippen molar-refractivity contribution in [2.75, 3.05) is 0 Å². The van der Waals surface area contributed by atoms with E-state index in [0.717, 1.165) is 10.6 Å². The predicted octanol–water partition coefficient (Wildman–Crippen LogP) is 4.80. The maximum Gasteiger partial charge on any atom is 0.0957 e. The number of rotatable bonds is 5. The van der Waals surface area contributed by atoms with Gasteiger partial charge in [-0.2, -0.15) is 0 Å². The smallest absolute Gasteiger partial charge is 0.0957 e. The minimum absolute atomic E-state index is 0.459. The van der Waals surface area contributed by atoms with Gasteiger partial charge < -0.3 is 5.11 Å². The van der Waals surface area contributed by atoms with Gasteiger partial charge in [0.15, 0.2) is 0 Å². The minimum atomic E-state index is -0.459. The van der Waals surface area contributed by atoms with Crippen LogP contribution in [0.1, 0.15) is 50.5 Å². The molecule has 1 aromatic carbocycles. The average molecular weight is 287 g/mol. The summed E-state index contributed by atoms with van der Waals surface area (Å²) in [4.78, 5) is 6.62. The van der Waals surface area contributed by atoms with E-state index in [-0.39, 0.29) is 0 Å². The molecule has 2 aromatic rings. The maximum atomic E-state index is 9.72. The van der Waals surface area contributed by atoms with Gasteiger partial charge in [0.2, 0.25) is 0 Å². The van der Waals surface area contributed by atoms with Crippen molar-refractivity contribution in [2.24, 2.45) is 0 Å². The summed E-state index contributed by atoms with van der Waals surface area (Å²) in [5.41, 5.74) is 2.10. The fourth-order valence-corrected chi connectivity index (χ4v) is 2.70. The Balaban J connectivity index is 2.06. The van der Waals surface area contributed by atoms with E-state index in [9.17, 15) is 5.11 Å². The van der Waals surface area contributed by atoms with Gasteiger partial charge in [-0.3, -0.25) is 4.98 Å². The molecule has 0 unspecified atom stereocenters. The van der Waals surface area contributed by atoms with Crippen LogP contribution in [0.4, 0.5) is 0 Å². The van der Waals surface area contributed by atoms with Gasteiger partial charge in [0.25, 0.3) is 0 Å². The van der Waals surface area contributed by atoms with Crippen molar-refractivity contribution in [1.29, 1.82) is 0 Å². The topological polar surface area (TPSA) is 33.1 Å². The highest BCUT2D eigenvalue weighted by Crippen LogP contribution is 2.29. The Hall–Kier alpha value is -1.32. The van der Waals surface area contributed by atoms with E-state index in [1.807, 2.05) is 25.3 Å². The third-order valence-electron chi connectivity index (χ3n) is 3.27. The summed E-state index contributed by atoms with van der Waals surface area (Å²) < 4.78 is 0.